The Morgan fingerprint density at radius 1 is 1.20 bits per heavy atom. The van der Waals surface area contributed by atoms with Gasteiger partial charge in [-0.25, -0.2) is 0 Å². The van der Waals surface area contributed by atoms with Crippen molar-refractivity contribution >= 4 is 34.2 Å². The summed E-state index contributed by atoms with van der Waals surface area (Å²) in [6.07, 6.45) is 1.73. The number of aromatic amines is 1. The third-order valence-corrected chi connectivity index (χ3v) is 2.66. The van der Waals surface area contributed by atoms with E-state index >= 15 is 0 Å². The molecule has 0 aliphatic rings. The van der Waals surface area contributed by atoms with E-state index in [1.165, 1.54) is 0 Å². The smallest absolute Gasteiger partial charge is 0.272 e. The van der Waals surface area contributed by atoms with Gasteiger partial charge >= 0.3 is 0 Å². The molecular weight excluding hydrogens is 303 g/mol. The molecule has 1 heterocycles. The Morgan fingerprint density at radius 2 is 1.93 bits per heavy atom. The number of amides is 1. The Balaban J connectivity index is 2.09. The predicted octanol–water partition coefficient (Wildman–Crippen LogP) is 2.87. The van der Waals surface area contributed by atoms with Crippen LogP contribution in [-0.4, -0.2) is 10.9 Å². The highest BCUT2D eigenvalue weighted by Gasteiger charge is 2.05. The van der Waals surface area contributed by atoms with E-state index in [4.69, 9.17) is 0 Å². The molecule has 2 N–H and O–H groups in total. The highest BCUT2D eigenvalue weighted by atomic mass is 127. The van der Waals surface area contributed by atoms with Crippen LogP contribution < -0.4 is 5.32 Å². The topological polar surface area (TPSA) is 44.9 Å². The van der Waals surface area contributed by atoms with Crippen molar-refractivity contribution in [2.45, 2.75) is 0 Å². The number of anilines is 1. The minimum atomic E-state index is -0.124. The number of carbonyl (C=O) groups is 1. The molecule has 4 heteroatoms. The lowest BCUT2D eigenvalue weighted by atomic mass is 10.3. The molecule has 0 aliphatic heterocycles. The number of aromatic nitrogens is 1. The standard InChI is InChI=1S/C11H9IN2O/c12-8-3-5-9(6-4-8)14-11(15)10-2-1-7-13-10/h1-7,13H,(H,14,15). The van der Waals surface area contributed by atoms with E-state index in [-0.39, 0.29) is 5.91 Å². The summed E-state index contributed by atoms with van der Waals surface area (Å²) in [6.45, 7) is 0. The lowest BCUT2D eigenvalue weighted by molar-refractivity contribution is 0.102. The molecule has 3 nitrogen and oxygen atoms in total. The van der Waals surface area contributed by atoms with Crippen molar-refractivity contribution in [3.05, 3.63) is 51.9 Å². The molecular formula is C11H9IN2O. The van der Waals surface area contributed by atoms with Crippen LogP contribution in [0.3, 0.4) is 0 Å². The van der Waals surface area contributed by atoms with Gasteiger partial charge in [0.25, 0.3) is 5.91 Å². The molecule has 1 aromatic heterocycles. The fourth-order valence-corrected chi connectivity index (χ4v) is 1.56. The summed E-state index contributed by atoms with van der Waals surface area (Å²) in [7, 11) is 0. The summed E-state index contributed by atoms with van der Waals surface area (Å²) < 4.78 is 1.14. The minimum Gasteiger partial charge on any atom is -0.357 e. The number of H-pyrrole nitrogens is 1. The zero-order valence-electron chi connectivity index (χ0n) is 7.83. The maximum atomic E-state index is 11.6. The molecule has 0 spiro atoms. The van der Waals surface area contributed by atoms with Gasteiger partial charge < -0.3 is 10.3 Å². The molecule has 76 valence electrons. The van der Waals surface area contributed by atoms with Gasteiger partial charge in [0.1, 0.15) is 5.69 Å². The first-order chi connectivity index (χ1) is 7.25. The van der Waals surface area contributed by atoms with Crippen LogP contribution in [0.4, 0.5) is 5.69 Å². The molecule has 0 unspecified atom stereocenters. The molecule has 0 atom stereocenters. The first-order valence-corrected chi connectivity index (χ1v) is 5.54. The molecule has 0 aliphatic carbocycles. The van der Waals surface area contributed by atoms with E-state index < -0.39 is 0 Å². The number of hydrogen-bond acceptors (Lipinski definition) is 1. The maximum absolute atomic E-state index is 11.6. The van der Waals surface area contributed by atoms with Crippen molar-refractivity contribution in [3.8, 4) is 0 Å². The van der Waals surface area contributed by atoms with Gasteiger partial charge in [0.15, 0.2) is 0 Å². The lowest BCUT2D eigenvalue weighted by Gasteiger charge is -2.03. The Kier molecular flexibility index (Phi) is 3.05. The fraction of sp³-hybridized carbons (Fsp3) is 0. The van der Waals surface area contributed by atoms with Crippen LogP contribution >= 0.6 is 22.6 Å². The molecule has 0 bridgehead atoms. The highest BCUT2D eigenvalue weighted by molar-refractivity contribution is 14.1. The second-order valence-corrected chi connectivity index (χ2v) is 4.29. The van der Waals surface area contributed by atoms with E-state index in [9.17, 15) is 4.79 Å². The van der Waals surface area contributed by atoms with Gasteiger partial charge in [-0.1, -0.05) is 0 Å². The van der Waals surface area contributed by atoms with Crippen LogP contribution in [-0.2, 0) is 0 Å². The van der Waals surface area contributed by atoms with Crippen molar-refractivity contribution < 1.29 is 4.79 Å². The summed E-state index contributed by atoms with van der Waals surface area (Å²) >= 11 is 2.22. The molecule has 0 saturated carbocycles. The van der Waals surface area contributed by atoms with Crippen molar-refractivity contribution in [2.24, 2.45) is 0 Å². The monoisotopic (exact) mass is 312 g/mol. The molecule has 1 amide bonds. The predicted molar refractivity (Wildman–Crippen MR) is 67.9 cm³/mol. The van der Waals surface area contributed by atoms with E-state index in [0.717, 1.165) is 9.26 Å². The van der Waals surface area contributed by atoms with Crippen LogP contribution in [0, 0.1) is 3.57 Å². The third-order valence-electron chi connectivity index (χ3n) is 1.94. The van der Waals surface area contributed by atoms with E-state index in [0.29, 0.717) is 5.69 Å². The van der Waals surface area contributed by atoms with Gasteiger partial charge in [-0.05, 0) is 59.0 Å². The molecule has 0 fully saturated rings. The van der Waals surface area contributed by atoms with Gasteiger partial charge in [-0.2, -0.15) is 0 Å². The average Bonchev–Trinajstić information content (AvgIpc) is 2.74. The van der Waals surface area contributed by atoms with Crippen LogP contribution in [0.15, 0.2) is 42.6 Å². The molecule has 2 rings (SSSR count). The fourth-order valence-electron chi connectivity index (χ4n) is 1.20. The van der Waals surface area contributed by atoms with Gasteiger partial charge in [0.05, 0.1) is 0 Å². The van der Waals surface area contributed by atoms with Gasteiger partial charge in [0.2, 0.25) is 0 Å². The van der Waals surface area contributed by atoms with E-state index in [1.54, 1.807) is 18.3 Å². The average molecular weight is 312 g/mol. The maximum Gasteiger partial charge on any atom is 0.272 e. The zero-order chi connectivity index (χ0) is 10.7. The van der Waals surface area contributed by atoms with E-state index in [1.807, 2.05) is 24.3 Å². The van der Waals surface area contributed by atoms with Crippen LogP contribution in [0.1, 0.15) is 10.5 Å². The zero-order valence-corrected chi connectivity index (χ0v) is 9.99. The van der Waals surface area contributed by atoms with Gasteiger partial charge in [-0.3, -0.25) is 4.79 Å². The quantitative estimate of drug-likeness (QED) is 0.823. The molecule has 15 heavy (non-hydrogen) atoms. The number of rotatable bonds is 2. The molecule has 1 aromatic carbocycles. The van der Waals surface area contributed by atoms with Crippen molar-refractivity contribution in [3.63, 3.8) is 0 Å². The van der Waals surface area contributed by atoms with Crippen LogP contribution in [0.5, 0.6) is 0 Å². The first kappa shape index (κ1) is 10.2. The van der Waals surface area contributed by atoms with Crippen molar-refractivity contribution in [1.29, 1.82) is 0 Å². The van der Waals surface area contributed by atoms with Crippen molar-refractivity contribution in [1.82, 2.24) is 4.98 Å². The summed E-state index contributed by atoms with van der Waals surface area (Å²) in [4.78, 5) is 14.5. The second kappa shape index (κ2) is 4.48. The summed E-state index contributed by atoms with van der Waals surface area (Å²) in [5, 5.41) is 2.80. The largest absolute Gasteiger partial charge is 0.357 e. The first-order valence-electron chi connectivity index (χ1n) is 4.46. The Bertz CT molecular complexity index is 448. The Morgan fingerprint density at radius 3 is 2.53 bits per heavy atom. The number of benzene rings is 1. The van der Waals surface area contributed by atoms with Gasteiger partial charge in [0, 0.05) is 15.5 Å². The van der Waals surface area contributed by atoms with Crippen LogP contribution in [0.2, 0.25) is 0 Å². The number of hydrogen-bond donors (Lipinski definition) is 2. The second-order valence-electron chi connectivity index (χ2n) is 3.04. The van der Waals surface area contributed by atoms with Crippen molar-refractivity contribution in [2.75, 3.05) is 5.32 Å². The minimum absolute atomic E-state index is 0.124. The SMILES string of the molecule is O=C(Nc1ccc(I)cc1)c1ccc[nH]1. The lowest BCUT2D eigenvalue weighted by Crippen LogP contribution is -2.11. The highest BCUT2D eigenvalue weighted by Crippen LogP contribution is 2.12. The summed E-state index contributed by atoms with van der Waals surface area (Å²) in [5.74, 6) is -0.124. The normalized spacial score (nSPS) is 9.93. The third kappa shape index (κ3) is 2.59. The number of carbonyl (C=O) groups excluding carboxylic acids is 1. The molecule has 2 aromatic rings. The number of halogens is 1. The van der Waals surface area contributed by atoms with E-state index in [2.05, 4.69) is 32.9 Å². The van der Waals surface area contributed by atoms with Crippen LogP contribution in [0.25, 0.3) is 0 Å². The number of nitrogens with one attached hydrogen (secondary N) is 2. The molecule has 0 radical (unpaired) electrons. The van der Waals surface area contributed by atoms with Gasteiger partial charge in [-0.15, -0.1) is 0 Å². The summed E-state index contributed by atoms with van der Waals surface area (Å²) in [5.41, 5.74) is 1.36. The summed E-state index contributed by atoms with van der Waals surface area (Å²) in [6, 6.07) is 11.2. The molecule has 0 saturated heterocycles. The Hall–Kier alpha value is -1.30. The Labute approximate surface area is 101 Å².